The molecule has 0 saturated carbocycles. The van der Waals surface area contributed by atoms with Gasteiger partial charge in [0.1, 0.15) is 12.6 Å². The van der Waals surface area contributed by atoms with Gasteiger partial charge in [0.2, 0.25) is 21.8 Å². The lowest BCUT2D eigenvalue weighted by atomic mass is 10.1. The van der Waals surface area contributed by atoms with E-state index in [0.717, 1.165) is 27.3 Å². The zero-order valence-electron chi connectivity index (χ0n) is 19.6. The summed E-state index contributed by atoms with van der Waals surface area (Å²) < 4.78 is 26.4. The maximum atomic E-state index is 13.4. The Morgan fingerprint density at radius 2 is 1.59 bits per heavy atom. The van der Waals surface area contributed by atoms with E-state index in [2.05, 4.69) is 5.32 Å². The smallest absolute Gasteiger partial charge is 0.244 e. The van der Waals surface area contributed by atoms with Gasteiger partial charge >= 0.3 is 0 Å². The Bertz CT molecular complexity index is 1050. The molecule has 0 fully saturated rings. The zero-order chi connectivity index (χ0) is 24.1. The molecular weight excluding hydrogens is 426 g/mol. The summed E-state index contributed by atoms with van der Waals surface area (Å²) in [6.07, 6.45) is 1.08. The van der Waals surface area contributed by atoms with Gasteiger partial charge in [0.25, 0.3) is 0 Å². The molecule has 0 aliphatic carbocycles. The first-order chi connectivity index (χ1) is 14.9. The maximum absolute atomic E-state index is 13.4. The van der Waals surface area contributed by atoms with E-state index in [1.807, 2.05) is 64.1 Å². The Hall–Kier alpha value is -2.87. The minimum Gasteiger partial charge on any atom is -0.352 e. The molecule has 0 bridgehead atoms. The van der Waals surface area contributed by atoms with E-state index in [0.29, 0.717) is 5.69 Å². The van der Waals surface area contributed by atoms with Crippen molar-refractivity contribution in [3.8, 4) is 0 Å². The van der Waals surface area contributed by atoms with Crippen LogP contribution in [0.15, 0.2) is 48.5 Å². The van der Waals surface area contributed by atoms with Gasteiger partial charge in [-0.1, -0.05) is 42.5 Å². The van der Waals surface area contributed by atoms with Crippen molar-refractivity contribution in [2.45, 2.75) is 53.2 Å². The van der Waals surface area contributed by atoms with E-state index in [-0.39, 0.29) is 18.5 Å². The molecule has 2 aromatic carbocycles. The molecule has 0 aromatic heterocycles. The topological polar surface area (TPSA) is 86.8 Å². The number of hydrogen-bond acceptors (Lipinski definition) is 4. The minimum atomic E-state index is -3.74. The van der Waals surface area contributed by atoms with Crippen molar-refractivity contribution < 1.29 is 18.0 Å². The predicted octanol–water partition coefficient (Wildman–Crippen LogP) is 3.01. The fourth-order valence-corrected chi connectivity index (χ4v) is 4.27. The molecule has 32 heavy (non-hydrogen) atoms. The monoisotopic (exact) mass is 459 g/mol. The summed E-state index contributed by atoms with van der Waals surface area (Å²) >= 11 is 0. The summed E-state index contributed by atoms with van der Waals surface area (Å²) in [5, 5.41) is 2.83. The van der Waals surface area contributed by atoms with Crippen LogP contribution in [0.4, 0.5) is 5.69 Å². The molecule has 0 radical (unpaired) electrons. The van der Waals surface area contributed by atoms with Crippen molar-refractivity contribution in [3.63, 3.8) is 0 Å². The second-order valence-corrected chi connectivity index (χ2v) is 10.2. The van der Waals surface area contributed by atoms with Crippen molar-refractivity contribution in [2.75, 3.05) is 17.1 Å². The lowest BCUT2D eigenvalue weighted by Crippen LogP contribution is -2.52. The third-order valence-corrected chi connectivity index (χ3v) is 6.44. The molecule has 7 nitrogen and oxygen atoms in total. The van der Waals surface area contributed by atoms with Gasteiger partial charge in [-0.05, 0) is 57.4 Å². The van der Waals surface area contributed by atoms with Gasteiger partial charge in [0.15, 0.2) is 0 Å². The van der Waals surface area contributed by atoms with Crippen LogP contribution >= 0.6 is 0 Å². The molecule has 0 spiro atoms. The Kier molecular flexibility index (Phi) is 8.44. The number of anilines is 1. The number of carbonyl (C=O) groups is 2. The number of rotatable bonds is 9. The van der Waals surface area contributed by atoms with E-state index in [4.69, 9.17) is 0 Å². The second-order valence-electron chi connectivity index (χ2n) is 8.34. The average molecular weight is 460 g/mol. The largest absolute Gasteiger partial charge is 0.352 e. The van der Waals surface area contributed by atoms with Crippen molar-refractivity contribution in [3.05, 3.63) is 65.2 Å². The van der Waals surface area contributed by atoms with Crippen LogP contribution in [-0.4, -0.2) is 50.0 Å². The van der Waals surface area contributed by atoms with Crippen LogP contribution in [0.3, 0.4) is 0 Å². The molecule has 0 saturated heterocycles. The van der Waals surface area contributed by atoms with Gasteiger partial charge in [-0.15, -0.1) is 0 Å². The zero-order valence-corrected chi connectivity index (χ0v) is 20.4. The van der Waals surface area contributed by atoms with Crippen LogP contribution in [0.25, 0.3) is 0 Å². The number of nitrogens with one attached hydrogen (secondary N) is 1. The summed E-state index contributed by atoms with van der Waals surface area (Å²) in [6, 6.07) is 13.8. The normalized spacial score (nSPS) is 12.3. The Morgan fingerprint density at radius 1 is 0.969 bits per heavy atom. The van der Waals surface area contributed by atoms with Gasteiger partial charge in [0.05, 0.1) is 11.9 Å². The van der Waals surface area contributed by atoms with Crippen LogP contribution in [0.5, 0.6) is 0 Å². The third kappa shape index (κ3) is 6.56. The van der Waals surface area contributed by atoms with Gasteiger partial charge < -0.3 is 10.2 Å². The highest BCUT2D eigenvalue weighted by atomic mass is 32.2. The highest BCUT2D eigenvalue weighted by molar-refractivity contribution is 7.92. The summed E-state index contributed by atoms with van der Waals surface area (Å²) in [4.78, 5) is 27.6. The van der Waals surface area contributed by atoms with Gasteiger partial charge in [-0.2, -0.15) is 0 Å². The van der Waals surface area contributed by atoms with Crippen LogP contribution in [0.1, 0.15) is 37.5 Å². The molecular formula is C24H33N3O4S. The molecule has 2 aromatic rings. The number of carbonyl (C=O) groups excluding carboxylic acids is 2. The Morgan fingerprint density at radius 3 is 2.16 bits per heavy atom. The van der Waals surface area contributed by atoms with Crippen LogP contribution in [-0.2, 0) is 26.2 Å². The number of amides is 2. The molecule has 0 heterocycles. The van der Waals surface area contributed by atoms with Gasteiger partial charge in [0, 0.05) is 12.6 Å². The second kappa shape index (κ2) is 10.6. The van der Waals surface area contributed by atoms with E-state index in [1.54, 1.807) is 19.1 Å². The van der Waals surface area contributed by atoms with Crippen molar-refractivity contribution in [1.29, 1.82) is 0 Å². The molecule has 1 N–H and O–H groups in total. The van der Waals surface area contributed by atoms with E-state index >= 15 is 0 Å². The predicted molar refractivity (Wildman–Crippen MR) is 128 cm³/mol. The molecule has 0 unspecified atom stereocenters. The van der Waals surface area contributed by atoms with E-state index < -0.39 is 28.5 Å². The highest BCUT2D eigenvalue weighted by Crippen LogP contribution is 2.25. The summed E-state index contributed by atoms with van der Waals surface area (Å²) in [6.45, 7) is 8.86. The standard InChI is InChI=1S/C24H33N3O4S/c1-17(2)25-24(29)20(5)26(15-21-12-8-7-9-13-21)23(28)16-27(32(6,30)31)22-14-10-11-18(3)19(22)4/h7-14,17,20H,15-16H2,1-6H3,(H,25,29)/t20-/m1/s1. The quantitative estimate of drug-likeness (QED) is 0.625. The SMILES string of the molecule is Cc1cccc(N(CC(=O)N(Cc2ccccc2)[C@H](C)C(=O)NC(C)C)S(C)(=O)=O)c1C. The van der Waals surface area contributed by atoms with Crippen molar-refractivity contribution in [2.24, 2.45) is 0 Å². The Balaban J connectivity index is 2.41. The molecule has 0 aliphatic heterocycles. The van der Waals surface area contributed by atoms with Crippen molar-refractivity contribution in [1.82, 2.24) is 10.2 Å². The summed E-state index contributed by atoms with van der Waals surface area (Å²) in [5.74, 6) is -0.742. The molecule has 8 heteroatoms. The minimum absolute atomic E-state index is 0.0823. The number of benzene rings is 2. The first-order valence-electron chi connectivity index (χ1n) is 10.6. The number of sulfonamides is 1. The van der Waals surface area contributed by atoms with E-state index in [1.165, 1.54) is 4.90 Å². The first-order valence-corrected chi connectivity index (χ1v) is 12.4. The van der Waals surface area contributed by atoms with E-state index in [9.17, 15) is 18.0 Å². The Labute approximate surface area is 191 Å². The summed E-state index contributed by atoms with van der Waals surface area (Å²) in [5.41, 5.74) is 3.02. The lowest BCUT2D eigenvalue weighted by Gasteiger charge is -2.32. The lowest BCUT2D eigenvalue weighted by molar-refractivity contribution is -0.139. The van der Waals surface area contributed by atoms with Gasteiger partial charge in [-0.25, -0.2) is 8.42 Å². The number of hydrogen-bond donors (Lipinski definition) is 1. The molecule has 1 atom stereocenters. The molecule has 174 valence electrons. The van der Waals surface area contributed by atoms with Gasteiger partial charge in [-0.3, -0.25) is 13.9 Å². The first kappa shape index (κ1) is 25.4. The fraction of sp³-hybridized carbons (Fsp3) is 0.417. The molecule has 2 amide bonds. The fourth-order valence-electron chi connectivity index (χ4n) is 3.37. The molecule has 0 aliphatic rings. The number of aryl methyl sites for hydroxylation is 1. The van der Waals surface area contributed by atoms with Crippen LogP contribution < -0.4 is 9.62 Å². The third-order valence-electron chi connectivity index (χ3n) is 5.32. The number of nitrogens with zero attached hydrogens (tertiary/aromatic N) is 2. The van der Waals surface area contributed by atoms with Crippen LogP contribution in [0, 0.1) is 13.8 Å². The highest BCUT2D eigenvalue weighted by Gasteiger charge is 2.30. The molecule has 2 rings (SSSR count). The van der Waals surface area contributed by atoms with Crippen molar-refractivity contribution >= 4 is 27.5 Å². The maximum Gasteiger partial charge on any atom is 0.244 e. The summed E-state index contributed by atoms with van der Waals surface area (Å²) in [7, 11) is -3.74. The van der Waals surface area contributed by atoms with Crippen LogP contribution in [0.2, 0.25) is 0 Å². The average Bonchev–Trinajstić information content (AvgIpc) is 2.71.